The van der Waals surface area contributed by atoms with Gasteiger partial charge in [-0.05, 0) is 30.3 Å². The van der Waals surface area contributed by atoms with E-state index in [9.17, 15) is 0 Å². The number of nitrogens with one attached hydrogen (secondary N) is 1. The summed E-state index contributed by atoms with van der Waals surface area (Å²) in [5.74, 6) is 2.30. The van der Waals surface area contributed by atoms with Crippen molar-refractivity contribution in [3.63, 3.8) is 0 Å². The number of hydrogen-bond acceptors (Lipinski definition) is 4. The van der Waals surface area contributed by atoms with Crippen molar-refractivity contribution in [2.45, 2.75) is 6.54 Å². The van der Waals surface area contributed by atoms with E-state index in [4.69, 9.17) is 16.3 Å². The van der Waals surface area contributed by atoms with E-state index >= 15 is 0 Å². The van der Waals surface area contributed by atoms with Crippen LogP contribution in [0.2, 0.25) is 5.02 Å². The molecule has 0 spiro atoms. The third-order valence-corrected chi connectivity index (χ3v) is 3.39. The average Bonchev–Trinajstić information content (AvgIpc) is 2.94. The van der Waals surface area contributed by atoms with Crippen LogP contribution in [0.3, 0.4) is 0 Å². The van der Waals surface area contributed by atoms with Gasteiger partial charge < -0.3 is 14.6 Å². The fourth-order valence-electron chi connectivity index (χ4n) is 1.99. The Kier molecular flexibility index (Phi) is 4.25. The Bertz CT molecular complexity index is 758. The molecule has 0 atom stereocenters. The molecule has 0 saturated heterocycles. The smallest absolute Gasteiger partial charge is 0.151 e. The molecule has 0 amide bonds. The highest BCUT2D eigenvalue weighted by Gasteiger charge is 2.08. The lowest BCUT2D eigenvalue weighted by Gasteiger charge is -2.13. The molecule has 0 aliphatic heterocycles. The molecule has 0 fully saturated rings. The van der Waals surface area contributed by atoms with Crippen LogP contribution in [0.5, 0.6) is 11.5 Å². The minimum atomic E-state index is 0.530. The minimum absolute atomic E-state index is 0.530. The normalized spacial score (nSPS) is 10.5. The molecule has 1 N–H and O–H groups in total. The third kappa shape index (κ3) is 3.38. The lowest BCUT2D eigenvalue weighted by Crippen LogP contribution is -2.06. The van der Waals surface area contributed by atoms with Crippen LogP contribution < -0.4 is 10.1 Å². The van der Waals surface area contributed by atoms with Gasteiger partial charge in [-0.15, -0.1) is 10.2 Å². The lowest BCUT2D eigenvalue weighted by atomic mass is 10.2. The quantitative estimate of drug-likeness (QED) is 0.776. The van der Waals surface area contributed by atoms with Crippen molar-refractivity contribution in [2.24, 2.45) is 7.05 Å². The predicted molar refractivity (Wildman–Crippen MR) is 86.3 cm³/mol. The van der Waals surface area contributed by atoms with Crippen LogP contribution in [0.1, 0.15) is 5.82 Å². The highest BCUT2D eigenvalue weighted by molar-refractivity contribution is 6.30. The van der Waals surface area contributed by atoms with Crippen LogP contribution in [-0.2, 0) is 13.6 Å². The molecule has 0 aliphatic carbocycles. The standard InChI is InChI=1S/C16H15ClN4O/c1-21-11-19-20-16(21)10-18-14-9-12(17)7-8-15(14)22-13-5-3-2-4-6-13/h2-9,11,18H,10H2,1H3. The Hall–Kier alpha value is -2.53. The van der Waals surface area contributed by atoms with Gasteiger partial charge in [0.1, 0.15) is 12.1 Å². The van der Waals surface area contributed by atoms with Crippen LogP contribution >= 0.6 is 11.6 Å². The number of halogens is 1. The van der Waals surface area contributed by atoms with E-state index in [1.165, 1.54) is 0 Å². The third-order valence-electron chi connectivity index (χ3n) is 3.15. The van der Waals surface area contributed by atoms with E-state index in [0.717, 1.165) is 17.3 Å². The molecular weight excluding hydrogens is 300 g/mol. The number of anilines is 1. The van der Waals surface area contributed by atoms with E-state index in [1.54, 1.807) is 12.4 Å². The second-order valence-electron chi connectivity index (χ2n) is 4.77. The summed E-state index contributed by atoms with van der Waals surface area (Å²) in [6, 6.07) is 15.1. The SMILES string of the molecule is Cn1cnnc1CNc1cc(Cl)ccc1Oc1ccccc1. The summed E-state index contributed by atoms with van der Waals surface area (Å²) in [4.78, 5) is 0. The van der Waals surface area contributed by atoms with Gasteiger partial charge in [0.25, 0.3) is 0 Å². The Balaban J connectivity index is 1.80. The molecule has 6 heteroatoms. The Morgan fingerprint density at radius 3 is 2.73 bits per heavy atom. The fourth-order valence-corrected chi connectivity index (χ4v) is 2.16. The summed E-state index contributed by atoms with van der Waals surface area (Å²) in [6.45, 7) is 0.530. The summed E-state index contributed by atoms with van der Waals surface area (Å²) in [7, 11) is 1.90. The van der Waals surface area contributed by atoms with Crippen LogP contribution in [0.4, 0.5) is 5.69 Å². The molecule has 0 aliphatic rings. The maximum Gasteiger partial charge on any atom is 0.151 e. The van der Waals surface area contributed by atoms with E-state index < -0.39 is 0 Å². The number of hydrogen-bond donors (Lipinski definition) is 1. The summed E-state index contributed by atoms with van der Waals surface area (Å²) in [6.07, 6.45) is 1.66. The van der Waals surface area contributed by atoms with Crippen molar-refractivity contribution in [1.29, 1.82) is 0 Å². The molecular formula is C16H15ClN4O. The van der Waals surface area contributed by atoms with Crippen molar-refractivity contribution in [3.05, 3.63) is 65.7 Å². The maximum atomic E-state index is 6.08. The van der Waals surface area contributed by atoms with Gasteiger partial charge in [0.2, 0.25) is 0 Å². The van der Waals surface area contributed by atoms with Gasteiger partial charge in [0.15, 0.2) is 11.6 Å². The highest BCUT2D eigenvalue weighted by atomic mass is 35.5. The second-order valence-corrected chi connectivity index (χ2v) is 5.20. The van der Waals surface area contributed by atoms with Gasteiger partial charge in [0.05, 0.1) is 12.2 Å². The van der Waals surface area contributed by atoms with Gasteiger partial charge in [-0.3, -0.25) is 0 Å². The molecule has 112 valence electrons. The van der Waals surface area contributed by atoms with Gasteiger partial charge in [-0.1, -0.05) is 29.8 Å². The van der Waals surface area contributed by atoms with Crippen LogP contribution in [0.25, 0.3) is 0 Å². The Morgan fingerprint density at radius 2 is 2.00 bits per heavy atom. The Labute approximate surface area is 133 Å². The van der Waals surface area contributed by atoms with Crippen molar-refractivity contribution in [2.75, 3.05) is 5.32 Å². The topological polar surface area (TPSA) is 52.0 Å². The number of rotatable bonds is 5. The average molecular weight is 315 g/mol. The van der Waals surface area contributed by atoms with Crippen LogP contribution in [0.15, 0.2) is 54.9 Å². The second kappa shape index (κ2) is 6.49. The van der Waals surface area contributed by atoms with Crippen LogP contribution in [-0.4, -0.2) is 14.8 Å². The lowest BCUT2D eigenvalue weighted by molar-refractivity contribution is 0.484. The number of benzene rings is 2. The van der Waals surface area contributed by atoms with Crippen LogP contribution in [0, 0.1) is 0 Å². The molecule has 1 heterocycles. The first-order valence-electron chi connectivity index (χ1n) is 6.81. The molecule has 3 aromatic rings. The molecule has 5 nitrogen and oxygen atoms in total. The fraction of sp³-hybridized carbons (Fsp3) is 0.125. The molecule has 0 radical (unpaired) electrons. The zero-order chi connectivity index (χ0) is 15.4. The molecule has 2 aromatic carbocycles. The number of aryl methyl sites for hydroxylation is 1. The Morgan fingerprint density at radius 1 is 1.18 bits per heavy atom. The largest absolute Gasteiger partial charge is 0.455 e. The zero-order valence-corrected chi connectivity index (χ0v) is 12.8. The molecule has 1 aromatic heterocycles. The first-order chi connectivity index (χ1) is 10.7. The molecule has 22 heavy (non-hydrogen) atoms. The zero-order valence-electron chi connectivity index (χ0n) is 12.0. The molecule has 0 bridgehead atoms. The molecule has 3 rings (SSSR count). The van der Waals surface area contributed by atoms with Gasteiger partial charge in [-0.2, -0.15) is 0 Å². The summed E-state index contributed by atoms with van der Waals surface area (Å²) < 4.78 is 7.76. The highest BCUT2D eigenvalue weighted by Crippen LogP contribution is 2.32. The summed E-state index contributed by atoms with van der Waals surface area (Å²) >= 11 is 6.08. The summed E-state index contributed by atoms with van der Waals surface area (Å²) in [5.41, 5.74) is 0.805. The maximum absolute atomic E-state index is 6.08. The number of aromatic nitrogens is 3. The van der Waals surface area contributed by atoms with Gasteiger partial charge in [-0.25, -0.2) is 0 Å². The number of nitrogens with zero attached hydrogens (tertiary/aromatic N) is 3. The van der Waals surface area contributed by atoms with Crippen molar-refractivity contribution < 1.29 is 4.74 Å². The van der Waals surface area contributed by atoms with Gasteiger partial charge >= 0.3 is 0 Å². The molecule has 0 saturated carbocycles. The first-order valence-corrected chi connectivity index (χ1v) is 7.19. The minimum Gasteiger partial charge on any atom is -0.455 e. The van der Waals surface area contributed by atoms with E-state index in [0.29, 0.717) is 17.3 Å². The monoisotopic (exact) mass is 314 g/mol. The number of para-hydroxylation sites is 1. The number of ether oxygens (including phenoxy) is 1. The van der Waals surface area contributed by atoms with E-state index in [-0.39, 0.29) is 0 Å². The summed E-state index contributed by atoms with van der Waals surface area (Å²) in [5, 5.41) is 11.8. The van der Waals surface area contributed by atoms with Gasteiger partial charge in [0, 0.05) is 12.1 Å². The first kappa shape index (κ1) is 14.4. The van der Waals surface area contributed by atoms with E-state index in [1.807, 2.05) is 54.1 Å². The van der Waals surface area contributed by atoms with E-state index in [2.05, 4.69) is 15.5 Å². The van der Waals surface area contributed by atoms with Crippen molar-refractivity contribution in [1.82, 2.24) is 14.8 Å². The van der Waals surface area contributed by atoms with Crippen molar-refractivity contribution in [3.8, 4) is 11.5 Å². The van der Waals surface area contributed by atoms with Crippen molar-refractivity contribution >= 4 is 17.3 Å². The molecule has 0 unspecified atom stereocenters. The predicted octanol–water partition coefficient (Wildman–Crippen LogP) is 3.87.